The van der Waals surface area contributed by atoms with Crippen LogP contribution in [-0.2, 0) is 12.7 Å². The van der Waals surface area contributed by atoms with Crippen molar-refractivity contribution in [2.45, 2.75) is 19.1 Å². The number of carbonyl (C=O) groups is 2. The van der Waals surface area contributed by atoms with Gasteiger partial charge >= 0.3 is 12.2 Å². The van der Waals surface area contributed by atoms with Crippen molar-refractivity contribution >= 4 is 23.3 Å². The molecule has 0 spiro atoms. The van der Waals surface area contributed by atoms with Crippen LogP contribution in [0.25, 0.3) is 0 Å². The zero-order valence-corrected chi connectivity index (χ0v) is 19.3. The molecule has 3 aromatic carbocycles. The van der Waals surface area contributed by atoms with Crippen LogP contribution in [0.3, 0.4) is 0 Å². The Hall–Kier alpha value is -4.08. The summed E-state index contributed by atoms with van der Waals surface area (Å²) in [7, 11) is 1.45. The third-order valence-corrected chi connectivity index (χ3v) is 5.83. The van der Waals surface area contributed by atoms with E-state index in [9.17, 15) is 27.2 Å². The van der Waals surface area contributed by atoms with Crippen molar-refractivity contribution in [1.82, 2.24) is 4.90 Å². The minimum Gasteiger partial charge on any atom is -0.495 e. The molecule has 1 saturated heterocycles. The van der Waals surface area contributed by atoms with Gasteiger partial charge in [-0.25, -0.2) is 9.18 Å². The second-order valence-electron chi connectivity index (χ2n) is 8.22. The Kier molecular flexibility index (Phi) is 7.14. The molecule has 0 bridgehead atoms. The van der Waals surface area contributed by atoms with Crippen LogP contribution in [0.5, 0.6) is 5.75 Å². The number of hydrogen-bond donors (Lipinski definition) is 1. The van der Waals surface area contributed by atoms with Gasteiger partial charge in [0.1, 0.15) is 11.6 Å². The maximum Gasteiger partial charge on any atom is 0.416 e. The van der Waals surface area contributed by atoms with E-state index in [-0.39, 0.29) is 18.1 Å². The summed E-state index contributed by atoms with van der Waals surface area (Å²) in [6, 6.07) is 14.5. The fourth-order valence-electron chi connectivity index (χ4n) is 3.98. The van der Waals surface area contributed by atoms with Crippen LogP contribution in [0.15, 0.2) is 66.7 Å². The highest BCUT2D eigenvalue weighted by molar-refractivity contribution is 6.05. The molecule has 1 heterocycles. The summed E-state index contributed by atoms with van der Waals surface area (Å²) in [5.74, 6) is -0.609. The Bertz CT molecular complexity index is 1260. The minimum atomic E-state index is -4.50. The van der Waals surface area contributed by atoms with Gasteiger partial charge in [-0.3, -0.25) is 9.69 Å². The van der Waals surface area contributed by atoms with Crippen molar-refractivity contribution in [1.29, 1.82) is 0 Å². The number of alkyl halides is 3. The van der Waals surface area contributed by atoms with Crippen LogP contribution in [0, 0.1) is 5.82 Å². The van der Waals surface area contributed by atoms with Crippen molar-refractivity contribution < 1.29 is 31.9 Å². The molecule has 6 nitrogen and oxygen atoms in total. The number of nitrogens with zero attached hydrogens (tertiary/aromatic N) is 2. The van der Waals surface area contributed by atoms with Crippen LogP contribution in [0.4, 0.5) is 33.7 Å². The first-order valence-electron chi connectivity index (χ1n) is 11.1. The molecule has 4 rings (SSSR count). The van der Waals surface area contributed by atoms with E-state index in [2.05, 4.69) is 5.32 Å². The van der Waals surface area contributed by atoms with Gasteiger partial charge in [-0.05, 0) is 55.0 Å². The van der Waals surface area contributed by atoms with Crippen LogP contribution < -0.4 is 15.0 Å². The van der Waals surface area contributed by atoms with Crippen LogP contribution in [-0.4, -0.2) is 37.0 Å². The Labute approximate surface area is 205 Å². The van der Waals surface area contributed by atoms with Gasteiger partial charge in [0, 0.05) is 29.9 Å². The molecular formula is C26H23F4N3O3. The van der Waals surface area contributed by atoms with Gasteiger partial charge in [0.2, 0.25) is 0 Å². The third kappa shape index (κ3) is 5.42. The lowest BCUT2D eigenvalue weighted by Gasteiger charge is -2.36. The van der Waals surface area contributed by atoms with Gasteiger partial charge in [-0.2, -0.15) is 13.2 Å². The molecule has 3 aromatic rings. The highest BCUT2D eigenvalue weighted by atomic mass is 19.4. The summed E-state index contributed by atoms with van der Waals surface area (Å²) in [5, 5.41) is 2.64. The maximum absolute atomic E-state index is 14.1. The number of urea groups is 1. The molecule has 0 aromatic heterocycles. The zero-order chi connectivity index (χ0) is 25.9. The number of ether oxygens (including phenoxy) is 1. The molecule has 36 heavy (non-hydrogen) atoms. The summed E-state index contributed by atoms with van der Waals surface area (Å²) in [5.41, 5.74) is 0.331. The average molecular weight is 501 g/mol. The van der Waals surface area contributed by atoms with Gasteiger partial charge in [0.05, 0.1) is 24.9 Å². The normalized spacial score (nSPS) is 14.1. The molecule has 0 unspecified atom stereocenters. The van der Waals surface area contributed by atoms with Crippen molar-refractivity contribution in [3.63, 3.8) is 0 Å². The van der Waals surface area contributed by atoms with Gasteiger partial charge in [0.15, 0.2) is 0 Å². The van der Waals surface area contributed by atoms with Crippen molar-refractivity contribution in [3.05, 3.63) is 89.2 Å². The maximum atomic E-state index is 14.1. The predicted molar refractivity (Wildman–Crippen MR) is 127 cm³/mol. The number of hydrogen-bond acceptors (Lipinski definition) is 3. The van der Waals surface area contributed by atoms with Crippen molar-refractivity contribution in [3.8, 4) is 5.75 Å². The van der Waals surface area contributed by atoms with E-state index in [0.29, 0.717) is 42.2 Å². The standard InChI is InChI=1S/C26H23F4N3O3/c1-36-23-12-11-20(31-24(34)17-7-9-19(10-8-17)26(28,29)30)15-22(23)33-14-4-13-32(25(33)35)16-18-5-2-3-6-21(18)27/h2-3,5-12,15H,4,13-14,16H2,1H3,(H,31,34). The first kappa shape index (κ1) is 25.0. The number of methoxy groups -OCH3 is 1. The zero-order valence-electron chi connectivity index (χ0n) is 19.3. The van der Waals surface area contributed by atoms with E-state index in [1.807, 2.05) is 0 Å². The van der Waals surface area contributed by atoms with E-state index in [4.69, 9.17) is 4.74 Å². The molecule has 3 amide bonds. The second kappa shape index (κ2) is 10.3. The number of benzene rings is 3. The van der Waals surface area contributed by atoms with E-state index in [1.54, 1.807) is 36.4 Å². The van der Waals surface area contributed by atoms with E-state index in [1.165, 1.54) is 23.0 Å². The molecular weight excluding hydrogens is 478 g/mol. The molecule has 0 saturated carbocycles. The number of halogens is 4. The fraction of sp³-hybridized carbons (Fsp3) is 0.231. The highest BCUT2D eigenvalue weighted by Gasteiger charge is 2.31. The molecule has 188 valence electrons. The Morgan fingerprint density at radius 1 is 1.03 bits per heavy atom. The Morgan fingerprint density at radius 2 is 1.75 bits per heavy atom. The molecule has 0 radical (unpaired) electrons. The van der Waals surface area contributed by atoms with Gasteiger partial charge < -0.3 is 15.0 Å². The first-order valence-corrected chi connectivity index (χ1v) is 11.1. The molecule has 1 fully saturated rings. The molecule has 0 aliphatic carbocycles. The van der Waals surface area contributed by atoms with Crippen molar-refractivity contribution in [2.75, 3.05) is 30.4 Å². The first-order chi connectivity index (χ1) is 17.2. The summed E-state index contributed by atoms with van der Waals surface area (Å²) < 4.78 is 57.9. The number of nitrogens with one attached hydrogen (secondary N) is 1. The molecule has 1 N–H and O–H groups in total. The Balaban J connectivity index is 1.54. The number of amides is 3. The predicted octanol–water partition coefficient (Wildman–Crippen LogP) is 5.94. The average Bonchev–Trinajstić information content (AvgIpc) is 2.86. The highest BCUT2D eigenvalue weighted by Crippen LogP contribution is 2.34. The minimum absolute atomic E-state index is 0.0467. The quantitative estimate of drug-likeness (QED) is 0.426. The summed E-state index contributed by atoms with van der Waals surface area (Å²) >= 11 is 0. The SMILES string of the molecule is COc1ccc(NC(=O)c2ccc(C(F)(F)F)cc2)cc1N1CCCN(Cc2ccccc2F)C1=O. The van der Waals surface area contributed by atoms with Crippen LogP contribution in [0.2, 0.25) is 0 Å². The molecule has 1 aliphatic rings. The number of anilines is 2. The fourth-order valence-corrected chi connectivity index (χ4v) is 3.98. The van der Waals surface area contributed by atoms with Crippen molar-refractivity contribution in [2.24, 2.45) is 0 Å². The monoisotopic (exact) mass is 501 g/mol. The van der Waals surface area contributed by atoms with Gasteiger partial charge in [-0.15, -0.1) is 0 Å². The largest absolute Gasteiger partial charge is 0.495 e. The van der Waals surface area contributed by atoms with E-state index in [0.717, 1.165) is 24.3 Å². The van der Waals surface area contributed by atoms with E-state index < -0.39 is 23.5 Å². The topological polar surface area (TPSA) is 61.9 Å². The lowest BCUT2D eigenvalue weighted by Crippen LogP contribution is -2.49. The molecule has 0 atom stereocenters. The number of carbonyl (C=O) groups excluding carboxylic acids is 2. The molecule has 10 heteroatoms. The smallest absolute Gasteiger partial charge is 0.416 e. The van der Waals surface area contributed by atoms with Gasteiger partial charge in [-0.1, -0.05) is 18.2 Å². The number of rotatable bonds is 6. The van der Waals surface area contributed by atoms with Crippen LogP contribution >= 0.6 is 0 Å². The Morgan fingerprint density at radius 3 is 2.42 bits per heavy atom. The van der Waals surface area contributed by atoms with E-state index >= 15 is 0 Å². The van der Waals surface area contributed by atoms with Gasteiger partial charge in [0.25, 0.3) is 5.91 Å². The lowest BCUT2D eigenvalue weighted by molar-refractivity contribution is -0.137. The lowest BCUT2D eigenvalue weighted by atomic mass is 10.1. The second-order valence-corrected chi connectivity index (χ2v) is 8.22. The summed E-state index contributed by atoms with van der Waals surface area (Å²) in [6.07, 6.45) is -3.87. The third-order valence-electron chi connectivity index (χ3n) is 5.83. The molecule has 1 aliphatic heterocycles. The summed E-state index contributed by atoms with van der Waals surface area (Å²) in [4.78, 5) is 28.9. The van der Waals surface area contributed by atoms with Crippen LogP contribution in [0.1, 0.15) is 27.9 Å². The summed E-state index contributed by atoms with van der Waals surface area (Å²) in [6.45, 7) is 0.949.